The number of likely N-dealkylation sites (N-methyl/N-ethyl adjacent to an activating group) is 1. The van der Waals surface area contributed by atoms with Gasteiger partial charge in [-0.15, -0.1) is 0 Å². The molecule has 0 aliphatic rings. The number of aldehydes is 1. The zero-order valence-corrected chi connectivity index (χ0v) is 13.7. The van der Waals surface area contributed by atoms with Crippen LogP contribution in [-0.4, -0.2) is 25.3 Å². The fourth-order valence-electron chi connectivity index (χ4n) is 1.25. The monoisotopic (exact) mass is 300 g/mol. The first-order chi connectivity index (χ1) is 9.98. The number of rotatable bonds is 7. The number of carbonyl (C=O) groups excluding carboxylic acids is 2. The third-order valence-electron chi connectivity index (χ3n) is 2.56. The minimum absolute atomic E-state index is 0.176. The summed E-state index contributed by atoms with van der Waals surface area (Å²) >= 11 is 0. The van der Waals surface area contributed by atoms with Gasteiger partial charge in [-0.05, 0) is 25.1 Å². The van der Waals surface area contributed by atoms with E-state index in [0.29, 0.717) is 24.1 Å². The van der Waals surface area contributed by atoms with Gasteiger partial charge in [0.15, 0.2) is 0 Å². The SMILES string of the molecule is C=C/C(C=O)=C\C=C\F.CC.CCC(C)C(NC)C(N)=O. The molecule has 0 saturated carbocycles. The molecule has 0 bridgehead atoms. The van der Waals surface area contributed by atoms with E-state index in [0.717, 1.165) is 12.5 Å². The average molecular weight is 300 g/mol. The van der Waals surface area contributed by atoms with Crippen molar-refractivity contribution in [3.63, 3.8) is 0 Å². The maximum absolute atomic E-state index is 11.3. The highest BCUT2D eigenvalue weighted by atomic mass is 19.1. The minimum atomic E-state index is -0.267. The van der Waals surface area contributed by atoms with Gasteiger partial charge in [-0.25, -0.2) is 4.39 Å². The third kappa shape index (κ3) is 14.5. The Balaban J connectivity index is -0.000000277. The van der Waals surface area contributed by atoms with Crippen LogP contribution in [0.1, 0.15) is 34.1 Å². The number of amides is 1. The summed E-state index contributed by atoms with van der Waals surface area (Å²) in [6.07, 6.45) is 5.74. The van der Waals surface area contributed by atoms with Crippen molar-refractivity contribution in [1.82, 2.24) is 5.32 Å². The molecule has 4 nitrogen and oxygen atoms in total. The average Bonchev–Trinajstić information content (AvgIpc) is 2.51. The number of hydrogen-bond donors (Lipinski definition) is 2. The molecule has 0 rings (SSSR count). The van der Waals surface area contributed by atoms with Gasteiger partial charge < -0.3 is 11.1 Å². The smallest absolute Gasteiger partial charge is 0.234 e. The van der Waals surface area contributed by atoms with E-state index < -0.39 is 0 Å². The first kappa shape index (κ1) is 24.3. The molecule has 0 aromatic heterocycles. The number of carbonyl (C=O) groups is 2. The first-order valence-corrected chi connectivity index (χ1v) is 6.99. The number of primary amides is 1. The summed E-state index contributed by atoms with van der Waals surface area (Å²) in [6.45, 7) is 11.4. The lowest BCUT2D eigenvalue weighted by Crippen LogP contribution is -2.43. The molecule has 0 saturated heterocycles. The molecule has 21 heavy (non-hydrogen) atoms. The molecule has 2 atom stereocenters. The molecule has 5 heteroatoms. The Morgan fingerprint density at radius 3 is 2.14 bits per heavy atom. The van der Waals surface area contributed by atoms with Crippen molar-refractivity contribution in [1.29, 1.82) is 0 Å². The van der Waals surface area contributed by atoms with Crippen molar-refractivity contribution in [2.45, 2.75) is 40.2 Å². The molecule has 0 aliphatic heterocycles. The summed E-state index contributed by atoms with van der Waals surface area (Å²) in [6, 6.07) is -0.176. The van der Waals surface area contributed by atoms with Crippen LogP contribution >= 0.6 is 0 Å². The number of halogens is 1. The summed E-state index contributed by atoms with van der Waals surface area (Å²) in [5.41, 5.74) is 5.49. The van der Waals surface area contributed by atoms with Gasteiger partial charge in [-0.3, -0.25) is 9.59 Å². The van der Waals surface area contributed by atoms with E-state index in [-0.39, 0.29) is 11.9 Å². The number of allylic oxidation sites excluding steroid dienone is 4. The standard InChI is InChI=1S/C7H7FO.C7H16N2O.C2H6/c1-2-7(6-9)4-3-5-8;1-4-5(2)6(9-3)7(8)10;1-2/h2-6H,1H2;5-6,9H,4H2,1-3H3,(H2,8,10);1-2H3/b5-3+,7-4+;;. The van der Waals surface area contributed by atoms with Crippen molar-refractivity contribution in [3.8, 4) is 0 Å². The molecule has 0 spiro atoms. The quantitative estimate of drug-likeness (QED) is 0.431. The van der Waals surface area contributed by atoms with E-state index >= 15 is 0 Å². The fraction of sp³-hybridized carbons (Fsp3) is 0.500. The Morgan fingerprint density at radius 2 is 1.95 bits per heavy atom. The molecule has 122 valence electrons. The Kier molecular flexibility index (Phi) is 21.1. The Morgan fingerprint density at radius 1 is 1.43 bits per heavy atom. The molecule has 0 aromatic carbocycles. The van der Waals surface area contributed by atoms with Crippen LogP contribution in [0.5, 0.6) is 0 Å². The van der Waals surface area contributed by atoms with Gasteiger partial charge in [0.25, 0.3) is 0 Å². The summed E-state index contributed by atoms with van der Waals surface area (Å²) in [5.74, 6) is 0.0550. The molecule has 0 aliphatic carbocycles. The van der Waals surface area contributed by atoms with Crippen molar-refractivity contribution in [2.24, 2.45) is 11.7 Å². The highest BCUT2D eigenvalue weighted by Gasteiger charge is 2.18. The molecule has 3 N–H and O–H groups in total. The zero-order valence-electron chi connectivity index (χ0n) is 13.7. The van der Waals surface area contributed by atoms with Gasteiger partial charge in [0, 0.05) is 5.57 Å². The molecular weight excluding hydrogens is 271 g/mol. The number of nitrogens with one attached hydrogen (secondary N) is 1. The predicted octanol–water partition coefficient (Wildman–Crippen LogP) is 2.91. The van der Waals surface area contributed by atoms with Gasteiger partial charge in [-0.2, -0.15) is 0 Å². The van der Waals surface area contributed by atoms with Crippen molar-refractivity contribution >= 4 is 12.2 Å². The van der Waals surface area contributed by atoms with E-state index in [4.69, 9.17) is 5.73 Å². The number of hydrogen-bond acceptors (Lipinski definition) is 3. The lowest BCUT2D eigenvalue weighted by atomic mass is 9.99. The van der Waals surface area contributed by atoms with Crippen LogP contribution in [0, 0.1) is 5.92 Å². The minimum Gasteiger partial charge on any atom is -0.368 e. The normalized spacial score (nSPS) is 13.1. The van der Waals surface area contributed by atoms with Gasteiger partial charge >= 0.3 is 0 Å². The van der Waals surface area contributed by atoms with Crippen molar-refractivity contribution in [2.75, 3.05) is 7.05 Å². The molecule has 0 aromatic rings. The van der Waals surface area contributed by atoms with Crippen molar-refractivity contribution in [3.05, 3.63) is 36.7 Å². The molecule has 0 heterocycles. The van der Waals surface area contributed by atoms with Gasteiger partial charge in [-0.1, -0.05) is 46.8 Å². The van der Waals surface area contributed by atoms with E-state index in [1.165, 1.54) is 12.2 Å². The zero-order chi connectivity index (χ0) is 17.3. The third-order valence-corrected chi connectivity index (χ3v) is 2.56. The number of nitrogens with two attached hydrogens (primary N) is 1. The molecule has 2 unspecified atom stereocenters. The van der Waals surface area contributed by atoms with Crippen molar-refractivity contribution < 1.29 is 14.0 Å². The van der Waals surface area contributed by atoms with Crippen LogP contribution < -0.4 is 11.1 Å². The van der Waals surface area contributed by atoms with Gasteiger partial charge in [0.1, 0.15) is 6.29 Å². The maximum atomic E-state index is 11.3. The molecule has 0 fully saturated rings. The molecular formula is C16H29FN2O2. The summed E-state index contributed by atoms with van der Waals surface area (Å²) in [5, 5.41) is 2.88. The predicted molar refractivity (Wildman–Crippen MR) is 87.4 cm³/mol. The van der Waals surface area contributed by atoms with E-state index in [1.54, 1.807) is 7.05 Å². The van der Waals surface area contributed by atoms with Crippen LogP contribution in [-0.2, 0) is 9.59 Å². The topological polar surface area (TPSA) is 72.2 Å². The van der Waals surface area contributed by atoms with Gasteiger partial charge in [0.05, 0.1) is 12.4 Å². The summed E-state index contributed by atoms with van der Waals surface area (Å²) in [7, 11) is 1.75. The Hall–Kier alpha value is -1.75. The van der Waals surface area contributed by atoms with E-state index in [1.807, 2.05) is 27.7 Å². The van der Waals surface area contributed by atoms with E-state index in [2.05, 4.69) is 11.9 Å². The second-order valence-electron chi connectivity index (χ2n) is 3.86. The van der Waals surface area contributed by atoms with Crippen LogP contribution in [0.3, 0.4) is 0 Å². The fourth-order valence-corrected chi connectivity index (χ4v) is 1.25. The molecule has 1 amide bonds. The maximum Gasteiger partial charge on any atom is 0.234 e. The lowest BCUT2D eigenvalue weighted by Gasteiger charge is -2.18. The highest BCUT2D eigenvalue weighted by Crippen LogP contribution is 2.05. The van der Waals surface area contributed by atoms with Gasteiger partial charge in [0.2, 0.25) is 5.91 Å². The second kappa shape index (κ2) is 18.2. The summed E-state index contributed by atoms with van der Waals surface area (Å²) in [4.78, 5) is 20.6. The Bertz CT molecular complexity index is 329. The summed E-state index contributed by atoms with van der Waals surface area (Å²) < 4.78 is 11.3. The highest BCUT2D eigenvalue weighted by molar-refractivity contribution is 5.80. The molecule has 0 radical (unpaired) electrons. The largest absolute Gasteiger partial charge is 0.368 e. The Labute approximate surface area is 128 Å². The van der Waals surface area contributed by atoms with E-state index in [9.17, 15) is 14.0 Å². The van der Waals surface area contributed by atoms with Crippen LogP contribution in [0.4, 0.5) is 4.39 Å². The lowest BCUT2D eigenvalue weighted by molar-refractivity contribution is -0.121. The van der Waals surface area contributed by atoms with Crippen LogP contribution in [0.2, 0.25) is 0 Å². The second-order valence-corrected chi connectivity index (χ2v) is 3.86. The first-order valence-electron chi connectivity index (χ1n) is 6.99. The van der Waals surface area contributed by atoms with Crippen LogP contribution in [0.25, 0.3) is 0 Å². The van der Waals surface area contributed by atoms with Crippen LogP contribution in [0.15, 0.2) is 36.7 Å².